The second-order valence-corrected chi connectivity index (χ2v) is 8.93. The molecule has 1 unspecified atom stereocenters. The van der Waals surface area contributed by atoms with Gasteiger partial charge in [0.25, 0.3) is 0 Å². The maximum atomic E-state index is 12.8. The highest BCUT2D eigenvalue weighted by atomic mass is 32.2. The summed E-state index contributed by atoms with van der Waals surface area (Å²) in [5.74, 6) is 1.04. The van der Waals surface area contributed by atoms with Crippen LogP contribution in [0, 0.1) is 0 Å². The standard InChI is InChI=1S/C18H22N2O5S2/c21-27(22,15-1-2-17-18(11-15)25-9-8-24-17)19-12-16(14-3-10-26-13-14)20-4-6-23-7-5-20/h1-3,10-11,13,16,19H,4-9,12H2. The number of nitrogens with one attached hydrogen (secondary N) is 1. The van der Waals surface area contributed by atoms with Crippen LogP contribution in [0.15, 0.2) is 39.9 Å². The SMILES string of the molecule is O=S(=O)(NCC(c1ccsc1)N1CCOCC1)c1ccc2c(c1)OCCO2. The van der Waals surface area contributed by atoms with Gasteiger partial charge in [-0.2, -0.15) is 11.3 Å². The number of hydrogen-bond acceptors (Lipinski definition) is 7. The lowest BCUT2D eigenvalue weighted by atomic mass is 10.1. The Kier molecular flexibility index (Phi) is 5.65. The minimum absolute atomic E-state index is 0.0212. The van der Waals surface area contributed by atoms with Crippen molar-refractivity contribution in [2.24, 2.45) is 0 Å². The summed E-state index contributed by atoms with van der Waals surface area (Å²) < 4.78 is 44.8. The van der Waals surface area contributed by atoms with Gasteiger partial charge in [0.15, 0.2) is 11.5 Å². The van der Waals surface area contributed by atoms with Gasteiger partial charge in [-0.3, -0.25) is 4.90 Å². The third-order valence-electron chi connectivity index (χ3n) is 4.71. The summed E-state index contributed by atoms with van der Waals surface area (Å²) in [5.41, 5.74) is 1.12. The van der Waals surface area contributed by atoms with Gasteiger partial charge in [-0.25, -0.2) is 13.1 Å². The largest absolute Gasteiger partial charge is 0.486 e. The maximum absolute atomic E-state index is 12.8. The predicted octanol–water partition coefficient (Wildman–Crippen LogP) is 1.87. The van der Waals surface area contributed by atoms with Crippen LogP contribution in [0.1, 0.15) is 11.6 Å². The molecule has 4 rings (SSSR count). The number of morpholine rings is 1. The van der Waals surface area contributed by atoms with Gasteiger partial charge in [-0.1, -0.05) is 0 Å². The fraction of sp³-hybridized carbons (Fsp3) is 0.444. The van der Waals surface area contributed by atoms with Gasteiger partial charge in [0.05, 0.1) is 18.1 Å². The number of thiophene rings is 1. The molecule has 1 saturated heterocycles. The highest BCUT2D eigenvalue weighted by Crippen LogP contribution is 2.32. The Balaban J connectivity index is 1.51. The second kappa shape index (κ2) is 8.15. The molecule has 2 aromatic rings. The number of rotatable bonds is 6. The van der Waals surface area contributed by atoms with E-state index in [1.165, 1.54) is 6.07 Å². The molecule has 0 spiro atoms. The highest BCUT2D eigenvalue weighted by molar-refractivity contribution is 7.89. The van der Waals surface area contributed by atoms with Crippen molar-refractivity contribution in [3.63, 3.8) is 0 Å². The fourth-order valence-corrected chi connectivity index (χ4v) is 5.03. The first kappa shape index (κ1) is 18.7. The van der Waals surface area contributed by atoms with Gasteiger partial charge >= 0.3 is 0 Å². The van der Waals surface area contributed by atoms with Crippen molar-refractivity contribution < 1.29 is 22.6 Å². The lowest BCUT2D eigenvalue weighted by Crippen LogP contribution is -2.43. The van der Waals surface area contributed by atoms with E-state index >= 15 is 0 Å². The first-order chi connectivity index (χ1) is 13.1. The molecule has 1 N–H and O–H groups in total. The molecule has 1 aromatic carbocycles. The fourth-order valence-electron chi connectivity index (χ4n) is 3.27. The first-order valence-electron chi connectivity index (χ1n) is 8.87. The summed E-state index contributed by atoms with van der Waals surface area (Å²) in [5, 5.41) is 4.08. The molecule has 1 atom stereocenters. The zero-order valence-electron chi connectivity index (χ0n) is 14.8. The van der Waals surface area contributed by atoms with Crippen LogP contribution in [0.3, 0.4) is 0 Å². The maximum Gasteiger partial charge on any atom is 0.240 e. The van der Waals surface area contributed by atoms with Crippen LogP contribution in [0.4, 0.5) is 0 Å². The van der Waals surface area contributed by atoms with Crippen LogP contribution in [0.5, 0.6) is 11.5 Å². The number of benzene rings is 1. The van der Waals surface area contributed by atoms with Crippen LogP contribution >= 0.6 is 11.3 Å². The number of fused-ring (bicyclic) bond motifs is 1. The van der Waals surface area contributed by atoms with E-state index in [9.17, 15) is 8.42 Å². The number of nitrogens with zero attached hydrogens (tertiary/aromatic N) is 1. The summed E-state index contributed by atoms with van der Waals surface area (Å²) in [7, 11) is -3.66. The van der Waals surface area contributed by atoms with Crippen molar-refractivity contribution in [1.82, 2.24) is 9.62 Å². The summed E-state index contributed by atoms with van der Waals surface area (Å²) in [6.45, 7) is 4.08. The Morgan fingerprint density at radius 1 is 1.07 bits per heavy atom. The molecule has 9 heteroatoms. The molecule has 0 bridgehead atoms. The molecule has 7 nitrogen and oxygen atoms in total. The van der Waals surface area contributed by atoms with E-state index < -0.39 is 10.0 Å². The molecular weight excluding hydrogens is 388 g/mol. The van der Waals surface area contributed by atoms with E-state index in [1.807, 2.05) is 11.4 Å². The molecular formula is C18H22N2O5S2. The molecule has 146 valence electrons. The lowest BCUT2D eigenvalue weighted by Gasteiger charge is -2.34. The van der Waals surface area contributed by atoms with E-state index in [4.69, 9.17) is 14.2 Å². The summed E-state index contributed by atoms with van der Waals surface area (Å²) >= 11 is 1.61. The van der Waals surface area contributed by atoms with Crippen molar-refractivity contribution in [1.29, 1.82) is 0 Å². The Hall–Kier alpha value is -1.65. The normalized spacial score (nSPS) is 19.0. The molecule has 3 heterocycles. The van der Waals surface area contributed by atoms with Gasteiger partial charge < -0.3 is 14.2 Å². The summed E-state index contributed by atoms with van der Waals surface area (Å²) in [6.07, 6.45) is 0. The average molecular weight is 411 g/mol. The van der Waals surface area contributed by atoms with Crippen LogP contribution in [0.2, 0.25) is 0 Å². The minimum atomic E-state index is -3.66. The summed E-state index contributed by atoms with van der Waals surface area (Å²) in [6, 6.07) is 6.73. The van der Waals surface area contributed by atoms with E-state index in [0.717, 1.165) is 18.7 Å². The second-order valence-electron chi connectivity index (χ2n) is 6.38. The number of sulfonamides is 1. The summed E-state index contributed by atoms with van der Waals surface area (Å²) in [4.78, 5) is 2.44. The van der Waals surface area contributed by atoms with Crippen molar-refractivity contribution >= 4 is 21.4 Å². The quantitative estimate of drug-likeness (QED) is 0.784. The third-order valence-corrected chi connectivity index (χ3v) is 6.83. The zero-order chi connectivity index (χ0) is 18.7. The van der Waals surface area contributed by atoms with E-state index in [-0.39, 0.29) is 10.9 Å². The van der Waals surface area contributed by atoms with Gasteiger partial charge in [-0.05, 0) is 34.5 Å². The van der Waals surface area contributed by atoms with Crippen LogP contribution < -0.4 is 14.2 Å². The first-order valence-corrected chi connectivity index (χ1v) is 11.3. The molecule has 0 aliphatic carbocycles. The van der Waals surface area contributed by atoms with E-state index in [0.29, 0.717) is 44.5 Å². The van der Waals surface area contributed by atoms with Gasteiger partial charge in [0, 0.05) is 31.7 Å². The Bertz CT molecular complexity index is 864. The lowest BCUT2D eigenvalue weighted by molar-refractivity contribution is 0.0173. The molecule has 0 radical (unpaired) electrons. The monoisotopic (exact) mass is 410 g/mol. The van der Waals surface area contributed by atoms with Crippen molar-refractivity contribution in [2.45, 2.75) is 10.9 Å². The predicted molar refractivity (Wildman–Crippen MR) is 102 cm³/mol. The smallest absolute Gasteiger partial charge is 0.240 e. The van der Waals surface area contributed by atoms with Crippen molar-refractivity contribution in [3.05, 3.63) is 40.6 Å². The Labute approximate surface area is 162 Å². The van der Waals surface area contributed by atoms with E-state index in [1.54, 1.807) is 23.5 Å². The average Bonchev–Trinajstić information content (AvgIpc) is 3.23. The van der Waals surface area contributed by atoms with Crippen molar-refractivity contribution in [3.8, 4) is 11.5 Å². The molecule has 0 amide bonds. The Morgan fingerprint density at radius 3 is 2.59 bits per heavy atom. The van der Waals surface area contributed by atoms with E-state index in [2.05, 4.69) is 15.0 Å². The molecule has 0 saturated carbocycles. The molecule has 1 aromatic heterocycles. The molecule has 27 heavy (non-hydrogen) atoms. The third kappa shape index (κ3) is 4.27. The molecule has 2 aliphatic heterocycles. The Morgan fingerprint density at radius 2 is 1.85 bits per heavy atom. The molecule has 2 aliphatic rings. The van der Waals surface area contributed by atoms with Crippen LogP contribution in [-0.4, -0.2) is 59.4 Å². The van der Waals surface area contributed by atoms with Gasteiger partial charge in [-0.15, -0.1) is 0 Å². The van der Waals surface area contributed by atoms with Gasteiger partial charge in [0.2, 0.25) is 10.0 Å². The number of ether oxygens (including phenoxy) is 3. The minimum Gasteiger partial charge on any atom is -0.486 e. The zero-order valence-corrected chi connectivity index (χ0v) is 16.4. The van der Waals surface area contributed by atoms with Crippen molar-refractivity contribution in [2.75, 3.05) is 46.1 Å². The molecule has 1 fully saturated rings. The van der Waals surface area contributed by atoms with Crippen LogP contribution in [-0.2, 0) is 14.8 Å². The topological polar surface area (TPSA) is 77.1 Å². The van der Waals surface area contributed by atoms with Gasteiger partial charge in [0.1, 0.15) is 13.2 Å². The highest BCUT2D eigenvalue weighted by Gasteiger charge is 2.26. The number of hydrogen-bond donors (Lipinski definition) is 1. The van der Waals surface area contributed by atoms with Crippen LogP contribution in [0.25, 0.3) is 0 Å².